The number of allylic oxidation sites excluding steroid dienone is 12. The van der Waals surface area contributed by atoms with Gasteiger partial charge >= 0.3 is 12.0 Å². The van der Waals surface area contributed by atoms with Crippen LogP contribution in [-0.2, 0) is 23.7 Å². The fourth-order valence-corrected chi connectivity index (χ4v) is 8.22. The van der Waals surface area contributed by atoms with Crippen molar-refractivity contribution in [1.29, 1.82) is 0 Å². The van der Waals surface area contributed by atoms with Crippen LogP contribution in [0.4, 0.5) is 4.79 Å². The van der Waals surface area contributed by atoms with Gasteiger partial charge in [-0.25, -0.2) is 4.79 Å². The number of aliphatic hydroxyl groups is 10. The Kier molecular flexibility index (Phi) is 26.1. The van der Waals surface area contributed by atoms with Crippen molar-refractivity contribution in [3.05, 3.63) is 85.1 Å². The van der Waals surface area contributed by atoms with Gasteiger partial charge in [0.1, 0.15) is 12.2 Å². The van der Waals surface area contributed by atoms with Crippen LogP contribution >= 0.6 is 0 Å². The number of carbonyl (C=O) groups excluding carboxylic acids is 2. The number of fused-ring (bicyclic) bond motifs is 2. The Hall–Kier alpha value is -3.68. The van der Waals surface area contributed by atoms with Crippen LogP contribution in [0.1, 0.15) is 79.1 Å². The maximum atomic E-state index is 12.9. The predicted molar refractivity (Wildman–Crippen MR) is 255 cm³/mol. The van der Waals surface area contributed by atoms with Gasteiger partial charge in [0.2, 0.25) is 0 Å². The molecule has 2 bridgehead atoms. The lowest BCUT2D eigenvalue weighted by Crippen LogP contribution is -2.64. The number of cyclic esters (lactones) is 1. The topological polar surface area (TPSA) is 349 Å². The van der Waals surface area contributed by atoms with Crippen molar-refractivity contribution in [2.75, 3.05) is 13.1 Å². The summed E-state index contributed by atoms with van der Waals surface area (Å²) in [6.07, 6.45) is 4.85. The molecule has 0 aromatic heterocycles. The monoisotopic (exact) mass is 981 g/mol. The normalized spacial score (nSPS) is 43.4. The van der Waals surface area contributed by atoms with E-state index in [1.807, 2.05) is 37.3 Å². The highest BCUT2D eigenvalue weighted by atomic mass is 16.7. The van der Waals surface area contributed by atoms with E-state index in [2.05, 4.69) is 10.6 Å². The number of amides is 2. The summed E-state index contributed by atoms with van der Waals surface area (Å²) in [5.74, 6) is -3.71. The molecule has 19 atom stereocenters. The van der Waals surface area contributed by atoms with Crippen molar-refractivity contribution < 1.29 is 79.6 Å². The van der Waals surface area contributed by atoms with E-state index in [-0.39, 0.29) is 44.7 Å². The summed E-state index contributed by atoms with van der Waals surface area (Å²) in [5.41, 5.74) is 11.6. The SMILES string of the molecule is C[C@@H]1OC(=O)CC(O)CC(O)CCC(O)C(O)CC(O)CC2(O)C[C@H](O)C(NC(=O)NCCN)[C@H](CC(OC3O[C@H](C)[C@@H](O)[C@H](N)[C@@H]3O)/C=C/C=C/C=C/C=C/C=C/C=C/C=C/[C@H](C)C(O)[C@H]1C)O2. The van der Waals surface area contributed by atoms with Crippen LogP contribution in [0.2, 0.25) is 0 Å². The van der Waals surface area contributed by atoms with Gasteiger partial charge in [-0.05, 0) is 33.1 Å². The summed E-state index contributed by atoms with van der Waals surface area (Å²) in [5, 5.41) is 115. The van der Waals surface area contributed by atoms with Crippen molar-refractivity contribution in [2.24, 2.45) is 23.3 Å². The quantitative estimate of drug-likeness (QED) is 0.156. The van der Waals surface area contributed by atoms with Gasteiger partial charge in [-0.2, -0.15) is 0 Å². The number of nitrogens with two attached hydrogens (primary N) is 2. The molecule has 0 spiro atoms. The molecule has 2 fully saturated rings. The Labute approximate surface area is 405 Å². The third-order valence-electron chi connectivity index (χ3n) is 12.5. The number of hydrogen-bond donors (Lipinski definition) is 14. The molecule has 0 aromatic rings. The molecule has 20 nitrogen and oxygen atoms in total. The fraction of sp³-hybridized carbons (Fsp3) is 0.673. The molecule has 20 heteroatoms. The largest absolute Gasteiger partial charge is 0.462 e. The number of rotatable bonds is 5. The molecule has 3 aliphatic rings. The standard InChI is InChI=1S/C49H80N4O16/c1-29-17-15-13-11-9-7-5-6-8-10-12-14-16-18-36(68-47-46(63)42(51)45(62)32(4)67-47)26-40-43(53-48(64)52-22-21-50)39(59)28-49(65,69-40)27-35(56)24-38(58)37(57)20-19-33(54)23-34(55)25-41(60)66-31(3)30(2)44(29)61/h5-18,29-40,42-47,54-59,61-63,65H,19-28,50-51H2,1-4H3,(H2,52,53,64)/b6-5+,9-7+,10-8+,13-11+,14-12+,17-15+,18-16+/t29-,30-,31-,32+,33?,34?,35?,36?,37?,38?,39-,40-,42-,43?,44?,45+,46-,47?,49?/m0/s1. The van der Waals surface area contributed by atoms with Crippen molar-refractivity contribution in [3.63, 3.8) is 0 Å². The van der Waals surface area contributed by atoms with Crippen molar-refractivity contribution >= 4 is 12.0 Å². The first kappa shape index (κ1) is 59.6. The second kappa shape index (κ2) is 30.3. The minimum absolute atomic E-state index is 0.0965. The summed E-state index contributed by atoms with van der Waals surface area (Å²) >= 11 is 0. The van der Waals surface area contributed by atoms with Crippen molar-refractivity contribution in [1.82, 2.24) is 10.6 Å². The van der Waals surface area contributed by atoms with E-state index in [4.69, 9.17) is 30.4 Å². The third-order valence-corrected chi connectivity index (χ3v) is 12.5. The van der Waals surface area contributed by atoms with E-state index < -0.39 is 147 Å². The molecule has 3 aliphatic heterocycles. The summed E-state index contributed by atoms with van der Waals surface area (Å²) < 4.78 is 23.6. The van der Waals surface area contributed by atoms with Crippen molar-refractivity contribution in [2.45, 2.75) is 183 Å². The van der Waals surface area contributed by atoms with E-state index in [1.54, 1.807) is 75.5 Å². The van der Waals surface area contributed by atoms with Crippen LogP contribution in [0.5, 0.6) is 0 Å². The van der Waals surface area contributed by atoms with E-state index in [1.165, 1.54) is 0 Å². The number of hydrogen-bond acceptors (Lipinski definition) is 18. The second-order valence-corrected chi connectivity index (χ2v) is 18.4. The molecule has 10 unspecified atom stereocenters. The molecule has 3 rings (SSSR count). The zero-order valence-corrected chi connectivity index (χ0v) is 40.1. The lowest BCUT2D eigenvalue weighted by atomic mass is 9.87. The van der Waals surface area contributed by atoms with E-state index in [0.717, 1.165) is 0 Å². The second-order valence-electron chi connectivity index (χ2n) is 18.4. The number of ether oxygens (including phenoxy) is 4. The molecule has 0 aliphatic carbocycles. The summed E-state index contributed by atoms with van der Waals surface area (Å²) in [7, 11) is 0. The van der Waals surface area contributed by atoms with E-state index in [9.17, 15) is 60.7 Å². The Morgan fingerprint density at radius 1 is 0.710 bits per heavy atom. The lowest BCUT2D eigenvalue weighted by Gasteiger charge is -2.46. The maximum absolute atomic E-state index is 12.9. The van der Waals surface area contributed by atoms with Gasteiger partial charge in [0.25, 0.3) is 0 Å². The molecule has 0 saturated carbocycles. The van der Waals surface area contributed by atoms with Crippen LogP contribution in [0.15, 0.2) is 85.1 Å². The number of nitrogens with one attached hydrogen (secondary N) is 2. The smallest absolute Gasteiger partial charge is 0.315 e. The molecule has 2 amide bonds. The molecule has 69 heavy (non-hydrogen) atoms. The molecule has 3 heterocycles. The average Bonchev–Trinajstić information content (AvgIpc) is 3.28. The van der Waals surface area contributed by atoms with Crippen molar-refractivity contribution in [3.8, 4) is 0 Å². The van der Waals surface area contributed by atoms with Crippen LogP contribution in [-0.4, -0.2) is 180 Å². The Balaban J connectivity index is 1.91. The van der Waals surface area contributed by atoms with Gasteiger partial charge in [-0.1, -0.05) is 98.9 Å². The van der Waals surface area contributed by atoms with Crippen LogP contribution in [0, 0.1) is 11.8 Å². The summed E-state index contributed by atoms with van der Waals surface area (Å²) in [4.78, 5) is 25.6. The summed E-state index contributed by atoms with van der Waals surface area (Å²) in [6.45, 7) is 7.01. The molecule has 16 N–H and O–H groups in total. The highest BCUT2D eigenvalue weighted by Gasteiger charge is 2.49. The number of carbonyl (C=O) groups is 2. The van der Waals surface area contributed by atoms with Crippen LogP contribution in [0.25, 0.3) is 0 Å². The first-order chi connectivity index (χ1) is 32.6. The lowest BCUT2D eigenvalue weighted by molar-refractivity contribution is -0.303. The summed E-state index contributed by atoms with van der Waals surface area (Å²) in [6, 6.07) is -3.01. The van der Waals surface area contributed by atoms with Gasteiger partial charge in [0.15, 0.2) is 12.1 Å². The molecular weight excluding hydrogens is 901 g/mol. The average molecular weight is 981 g/mol. The van der Waals surface area contributed by atoms with Gasteiger partial charge in [-0.3, -0.25) is 4.79 Å². The third kappa shape index (κ3) is 20.9. The number of urea groups is 1. The fourth-order valence-electron chi connectivity index (χ4n) is 8.22. The Morgan fingerprint density at radius 2 is 1.30 bits per heavy atom. The maximum Gasteiger partial charge on any atom is 0.315 e. The Bertz CT molecular complexity index is 1750. The van der Waals surface area contributed by atoms with Gasteiger partial charge in [0, 0.05) is 50.6 Å². The zero-order chi connectivity index (χ0) is 51.3. The van der Waals surface area contributed by atoms with Gasteiger partial charge < -0.3 is 92.1 Å². The van der Waals surface area contributed by atoms with E-state index in [0.29, 0.717) is 0 Å². The number of esters is 1. The Morgan fingerprint density at radius 3 is 1.91 bits per heavy atom. The van der Waals surface area contributed by atoms with Crippen LogP contribution in [0.3, 0.4) is 0 Å². The highest BCUT2D eigenvalue weighted by molar-refractivity contribution is 5.74. The highest BCUT2D eigenvalue weighted by Crippen LogP contribution is 2.35. The molecular formula is C49H80N4O16. The predicted octanol–water partition coefficient (Wildman–Crippen LogP) is -0.363. The van der Waals surface area contributed by atoms with Gasteiger partial charge in [0.05, 0.1) is 85.6 Å². The molecule has 392 valence electrons. The molecule has 2 saturated heterocycles. The zero-order valence-electron chi connectivity index (χ0n) is 40.1. The van der Waals surface area contributed by atoms with Gasteiger partial charge in [-0.15, -0.1) is 0 Å². The van der Waals surface area contributed by atoms with Crippen LogP contribution < -0.4 is 22.1 Å². The first-order valence-corrected chi connectivity index (χ1v) is 23.9. The molecule has 0 aromatic carbocycles. The first-order valence-electron chi connectivity index (χ1n) is 23.9. The molecule has 0 radical (unpaired) electrons. The minimum atomic E-state index is -2.26. The minimum Gasteiger partial charge on any atom is -0.462 e. The number of aliphatic hydroxyl groups excluding tert-OH is 9. The van der Waals surface area contributed by atoms with E-state index >= 15 is 0 Å².